The van der Waals surface area contributed by atoms with Gasteiger partial charge >= 0.3 is 0 Å². The molecule has 0 spiro atoms. The number of aromatic nitrogens is 2. The van der Waals surface area contributed by atoms with Crippen molar-refractivity contribution in [2.24, 2.45) is 0 Å². The monoisotopic (exact) mass is 327 g/mol. The molecule has 1 aromatic rings. The second-order valence-electron chi connectivity index (χ2n) is 4.99. The fourth-order valence-electron chi connectivity index (χ4n) is 2.72. The Hall–Kier alpha value is -0.680. The van der Waals surface area contributed by atoms with Crippen LogP contribution in [0.15, 0.2) is 4.47 Å². The first-order chi connectivity index (χ1) is 9.21. The Labute approximate surface area is 123 Å². The van der Waals surface area contributed by atoms with Crippen molar-refractivity contribution in [2.45, 2.75) is 51.0 Å². The van der Waals surface area contributed by atoms with Gasteiger partial charge in [-0.2, -0.15) is 0 Å². The second-order valence-corrected chi connectivity index (χ2v) is 5.79. The summed E-state index contributed by atoms with van der Waals surface area (Å²) in [6.45, 7) is 2.09. The highest BCUT2D eigenvalue weighted by atomic mass is 79.9. The number of ether oxygens (including phenoxy) is 1. The molecule has 0 aliphatic heterocycles. The molecule has 1 aromatic heterocycles. The summed E-state index contributed by atoms with van der Waals surface area (Å²) in [5.41, 5.74) is 1.14. The Kier molecular flexibility index (Phi) is 5.16. The van der Waals surface area contributed by atoms with Crippen LogP contribution in [-0.4, -0.2) is 24.1 Å². The Bertz CT molecular complexity index is 429. The number of nitrogens with one attached hydrogen (secondary N) is 1. The molecular formula is C14H22BrN3O. The topological polar surface area (TPSA) is 47.0 Å². The predicted molar refractivity (Wildman–Crippen MR) is 80.5 cm³/mol. The second kappa shape index (κ2) is 6.66. The number of halogens is 1. The van der Waals surface area contributed by atoms with Gasteiger partial charge in [0.2, 0.25) is 0 Å². The van der Waals surface area contributed by atoms with Gasteiger partial charge in [-0.05, 0) is 35.2 Å². The molecule has 19 heavy (non-hydrogen) atoms. The van der Waals surface area contributed by atoms with E-state index in [4.69, 9.17) is 9.72 Å². The molecule has 1 saturated carbocycles. The summed E-state index contributed by atoms with van der Waals surface area (Å²) < 4.78 is 6.49. The third-order valence-corrected chi connectivity index (χ3v) is 4.60. The summed E-state index contributed by atoms with van der Waals surface area (Å²) >= 11 is 3.65. The van der Waals surface area contributed by atoms with Crippen molar-refractivity contribution in [2.75, 3.05) is 19.5 Å². The number of hydrogen-bond acceptors (Lipinski definition) is 4. The molecule has 1 aliphatic rings. The van der Waals surface area contributed by atoms with Crippen LogP contribution in [0.3, 0.4) is 0 Å². The first-order valence-electron chi connectivity index (χ1n) is 6.99. The van der Waals surface area contributed by atoms with Gasteiger partial charge in [-0.25, -0.2) is 9.97 Å². The van der Waals surface area contributed by atoms with Crippen LogP contribution in [0.4, 0.5) is 5.82 Å². The van der Waals surface area contributed by atoms with Crippen LogP contribution < -0.4 is 5.32 Å². The molecule has 0 amide bonds. The maximum atomic E-state index is 5.47. The van der Waals surface area contributed by atoms with Gasteiger partial charge in [-0.3, -0.25) is 0 Å². The Morgan fingerprint density at radius 2 is 2.05 bits per heavy atom. The lowest BCUT2D eigenvalue weighted by Gasteiger charge is -2.18. The summed E-state index contributed by atoms with van der Waals surface area (Å²) in [6, 6.07) is 0. The molecule has 2 rings (SSSR count). The van der Waals surface area contributed by atoms with Crippen LogP contribution in [0.25, 0.3) is 0 Å². The lowest BCUT2D eigenvalue weighted by Crippen LogP contribution is -2.12. The van der Waals surface area contributed by atoms with Crippen LogP contribution in [0.5, 0.6) is 0 Å². The van der Waals surface area contributed by atoms with E-state index in [0.717, 1.165) is 28.2 Å². The Morgan fingerprint density at radius 1 is 1.37 bits per heavy atom. The summed E-state index contributed by atoms with van der Waals surface area (Å²) in [7, 11) is 3.61. The van der Waals surface area contributed by atoms with Gasteiger partial charge in [0.15, 0.2) is 5.82 Å². The number of rotatable bonds is 5. The van der Waals surface area contributed by atoms with E-state index in [2.05, 4.69) is 33.2 Å². The zero-order valence-corrected chi connectivity index (χ0v) is 13.5. The molecule has 4 nitrogen and oxygen atoms in total. The van der Waals surface area contributed by atoms with Crippen LogP contribution >= 0.6 is 15.9 Å². The SMILES string of the molecule is CCC(OC)c1nc(NC)c(Br)c(C2CCCC2)n1. The number of nitrogens with zero attached hydrogens (tertiary/aromatic N) is 2. The average molecular weight is 328 g/mol. The molecule has 1 heterocycles. The standard InChI is InChI=1S/C14H22BrN3O/c1-4-10(19-3)13-17-12(9-7-5-6-8-9)11(15)14(16-2)18-13/h9-10H,4-8H2,1-3H3,(H,16,17,18). The molecule has 1 N–H and O–H groups in total. The highest BCUT2D eigenvalue weighted by Gasteiger charge is 2.25. The summed E-state index contributed by atoms with van der Waals surface area (Å²) in [4.78, 5) is 9.35. The molecule has 106 valence electrons. The van der Waals surface area contributed by atoms with Crippen molar-refractivity contribution >= 4 is 21.7 Å². The molecule has 1 unspecified atom stereocenters. The smallest absolute Gasteiger partial charge is 0.159 e. The van der Waals surface area contributed by atoms with Crippen LogP contribution in [0.1, 0.15) is 62.6 Å². The fourth-order valence-corrected chi connectivity index (χ4v) is 3.42. The average Bonchev–Trinajstić information content (AvgIpc) is 2.95. The largest absolute Gasteiger partial charge is 0.373 e. The van der Waals surface area contributed by atoms with E-state index in [0.29, 0.717) is 5.92 Å². The maximum absolute atomic E-state index is 5.47. The van der Waals surface area contributed by atoms with Crippen molar-refractivity contribution in [3.8, 4) is 0 Å². The Balaban J connectivity index is 2.42. The van der Waals surface area contributed by atoms with Gasteiger partial charge < -0.3 is 10.1 Å². The van der Waals surface area contributed by atoms with Crippen LogP contribution in [0.2, 0.25) is 0 Å². The highest BCUT2D eigenvalue weighted by Crippen LogP contribution is 2.39. The van der Waals surface area contributed by atoms with E-state index in [1.807, 2.05) is 7.05 Å². The minimum Gasteiger partial charge on any atom is -0.373 e. The van der Waals surface area contributed by atoms with Gasteiger partial charge in [-0.1, -0.05) is 19.8 Å². The van der Waals surface area contributed by atoms with Crippen molar-refractivity contribution in [3.05, 3.63) is 16.0 Å². The van der Waals surface area contributed by atoms with Gasteiger partial charge in [0, 0.05) is 20.1 Å². The lowest BCUT2D eigenvalue weighted by atomic mass is 10.0. The van der Waals surface area contributed by atoms with Gasteiger partial charge in [-0.15, -0.1) is 0 Å². The number of methoxy groups -OCH3 is 1. The molecule has 0 bridgehead atoms. The van der Waals surface area contributed by atoms with E-state index < -0.39 is 0 Å². The Morgan fingerprint density at radius 3 is 2.58 bits per heavy atom. The molecular weight excluding hydrogens is 306 g/mol. The minimum absolute atomic E-state index is 0.0275. The van der Waals surface area contributed by atoms with Gasteiger partial charge in [0.1, 0.15) is 11.9 Å². The number of hydrogen-bond donors (Lipinski definition) is 1. The van der Waals surface area contributed by atoms with Crippen molar-refractivity contribution < 1.29 is 4.74 Å². The molecule has 1 aliphatic carbocycles. The van der Waals surface area contributed by atoms with E-state index in [9.17, 15) is 0 Å². The molecule has 0 radical (unpaired) electrons. The first kappa shape index (κ1) is 14.7. The molecule has 0 saturated heterocycles. The minimum atomic E-state index is -0.0275. The maximum Gasteiger partial charge on any atom is 0.159 e. The normalized spacial score (nSPS) is 17.7. The molecule has 5 heteroatoms. The molecule has 0 aromatic carbocycles. The fraction of sp³-hybridized carbons (Fsp3) is 0.714. The third-order valence-electron chi connectivity index (χ3n) is 3.82. The molecule has 1 fully saturated rings. The lowest BCUT2D eigenvalue weighted by molar-refractivity contribution is 0.0924. The summed E-state index contributed by atoms with van der Waals surface area (Å²) in [5, 5.41) is 3.15. The van der Waals surface area contributed by atoms with Crippen LogP contribution in [0, 0.1) is 0 Å². The highest BCUT2D eigenvalue weighted by molar-refractivity contribution is 9.10. The van der Waals surface area contributed by atoms with Crippen molar-refractivity contribution in [1.82, 2.24) is 9.97 Å². The predicted octanol–water partition coefficient (Wildman–Crippen LogP) is 4.04. The zero-order valence-electron chi connectivity index (χ0n) is 11.9. The quantitative estimate of drug-likeness (QED) is 0.886. The van der Waals surface area contributed by atoms with E-state index >= 15 is 0 Å². The van der Waals surface area contributed by atoms with Crippen LogP contribution in [-0.2, 0) is 4.74 Å². The van der Waals surface area contributed by atoms with Crippen molar-refractivity contribution in [1.29, 1.82) is 0 Å². The van der Waals surface area contributed by atoms with E-state index in [-0.39, 0.29) is 6.10 Å². The summed E-state index contributed by atoms with van der Waals surface area (Å²) in [6.07, 6.45) is 5.90. The summed E-state index contributed by atoms with van der Waals surface area (Å²) in [5.74, 6) is 2.21. The van der Waals surface area contributed by atoms with E-state index in [1.165, 1.54) is 25.7 Å². The van der Waals surface area contributed by atoms with Gasteiger partial charge in [0.05, 0.1) is 10.2 Å². The number of anilines is 1. The molecule has 1 atom stereocenters. The third kappa shape index (κ3) is 3.08. The first-order valence-corrected chi connectivity index (χ1v) is 7.78. The zero-order chi connectivity index (χ0) is 13.8. The van der Waals surface area contributed by atoms with Crippen molar-refractivity contribution in [3.63, 3.8) is 0 Å². The van der Waals surface area contributed by atoms with E-state index in [1.54, 1.807) is 7.11 Å². The van der Waals surface area contributed by atoms with Gasteiger partial charge in [0.25, 0.3) is 0 Å².